The highest BCUT2D eigenvalue weighted by Crippen LogP contribution is 2.31. The van der Waals surface area contributed by atoms with Crippen LogP contribution in [0.3, 0.4) is 0 Å². The number of urea groups is 1. The summed E-state index contributed by atoms with van der Waals surface area (Å²) >= 11 is 9.36. The van der Waals surface area contributed by atoms with Gasteiger partial charge in [-0.1, -0.05) is 51.8 Å². The van der Waals surface area contributed by atoms with Gasteiger partial charge in [0.25, 0.3) is 5.91 Å². The van der Waals surface area contributed by atoms with Crippen LogP contribution in [-0.2, 0) is 16.9 Å². The zero-order valence-electron chi connectivity index (χ0n) is 12.3. The fraction of sp³-hybridized carbons (Fsp3) is 0.176. The first-order valence-corrected chi connectivity index (χ1v) is 8.22. The van der Waals surface area contributed by atoms with E-state index in [9.17, 15) is 9.59 Å². The molecule has 4 nitrogen and oxygen atoms in total. The minimum Gasteiger partial charge on any atom is -0.319 e. The molecule has 1 saturated heterocycles. The number of imide groups is 1. The van der Waals surface area contributed by atoms with Crippen molar-refractivity contribution in [2.45, 2.75) is 19.0 Å². The average Bonchev–Trinajstić information content (AvgIpc) is 2.72. The summed E-state index contributed by atoms with van der Waals surface area (Å²) in [6.07, 6.45) is 0. The monoisotopic (exact) mass is 392 g/mol. The third kappa shape index (κ3) is 2.99. The van der Waals surface area contributed by atoms with Crippen LogP contribution < -0.4 is 5.32 Å². The maximum atomic E-state index is 12.8. The number of amides is 3. The molecule has 6 heteroatoms. The Morgan fingerprint density at radius 2 is 1.91 bits per heavy atom. The molecule has 0 bridgehead atoms. The smallest absolute Gasteiger partial charge is 0.319 e. The van der Waals surface area contributed by atoms with E-state index in [4.69, 9.17) is 11.6 Å². The molecule has 3 amide bonds. The lowest BCUT2D eigenvalue weighted by atomic mass is 9.92. The molecule has 1 aliphatic heterocycles. The molecule has 2 aromatic rings. The maximum Gasteiger partial charge on any atom is 0.325 e. The number of benzene rings is 2. The lowest BCUT2D eigenvalue weighted by Gasteiger charge is -2.22. The molecule has 118 valence electrons. The van der Waals surface area contributed by atoms with E-state index in [1.165, 1.54) is 4.90 Å². The summed E-state index contributed by atoms with van der Waals surface area (Å²) in [4.78, 5) is 26.3. The predicted octanol–water partition coefficient (Wildman–Crippen LogP) is 4.07. The molecule has 0 radical (unpaired) electrons. The van der Waals surface area contributed by atoms with Crippen LogP contribution in [0.25, 0.3) is 0 Å². The second-order valence-electron chi connectivity index (χ2n) is 5.59. The topological polar surface area (TPSA) is 49.4 Å². The standard InChI is InChI=1S/C17H14BrClN2O2/c1-17(12-5-3-6-13(18)9-12)15(22)21(16(23)20-17)10-11-4-2-7-14(19)8-11/h2-9H,10H2,1H3,(H,20,23)/t17-/m0/s1. The number of nitrogens with zero attached hydrogens (tertiary/aromatic N) is 1. The van der Waals surface area contributed by atoms with Gasteiger partial charge >= 0.3 is 6.03 Å². The molecule has 1 fully saturated rings. The molecular weight excluding hydrogens is 380 g/mol. The molecule has 1 heterocycles. The molecule has 3 rings (SSSR count). The van der Waals surface area contributed by atoms with Gasteiger partial charge in [-0.15, -0.1) is 0 Å². The molecule has 0 spiro atoms. The van der Waals surface area contributed by atoms with Crippen LogP contribution in [0.5, 0.6) is 0 Å². The Morgan fingerprint density at radius 1 is 1.17 bits per heavy atom. The van der Waals surface area contributed by atoms with Gasteiger partial charge in [0.2, 0.25) is 0 Å². The highest BCUT2D eigenvalue weighted by molar-refractivity contribution is 9.10. The molecule has 0 unspecified atom stereocenters. The summed E-state index contributed by atoms with van der Waals surface area (Å²) in [6.45, 7) is 1.90. The molecule has 0 saturated carbocycles. The van der Waals surface area contributed by atoms with Gasteiger partial charge in [0, 0.05) is 9.50 Å². The summed E-state index contributed by atoms with van der Waals surface area (Å²) in [5.74, 6) is -0.277. The van der Waals surface area contributed by atoms with Crippen molar-refractivity contribution < 1.29 is 9.59 Å². The van der Waals surface area contributed by atoms with E-state index in [1.807, 2.05) is 30.3 Å². The third-order valence-corrected chi connectivity index (χ3v) is 4.64. The number of rotatable bonds is 3. The number of carbonyl (C=O) groups excluding carboxylic acids is 2. The number of nitrogens with one attached hydrogen (secondary N) is 1. The molecular formula is C17H14BrClN2O2. The van der Waals surface area contributed by atoms with Crippen molar-refractivity contribution >= 4 is 39.5 Å². The van der Waals surface area contributed by atoms with E-state index in [0.717, 1.165) is 15.6 Å². The van der Waals surface area contributed by atoms with Crippen LogP contribution in [0.4, 0.5) is 4.79 Å². The van der Waals surface area contributed by atoms with Gasteiger partial charge < -0.3 is 5.32 Å². The summed E-state index contributed by atoms with van der Waals surface area (Å²) in [7, 11) is 0. The van der Waals surface area contributed by atoms with Crippen molar-refractivity contribution in [1.82, 2.24) is 10.2 Å². The minimum absolute atomic E-state index is 0.189. The van der Waals surface area contributed by atoms with Gasteiger partial charge in [-0.05, 0) is 42.3 Å². The molecule has 23 heavy (non-hydrogen) atoms. The number of hydrogen-bond acceptors (Lipinski definition) is 2. The van der Waals surface area contributed by atoms with Crippen LogP contribution in [0, 0.1) is 0 Å². The van der Waals surface area contributed by atoms with Gasteiger partial charge in [-0.3, -0.25) is 9.69 Å². The fourth-order valence-electron chi connectivity index (χ4n) is 2.65. The predicted molar refractivity (Wildman–Crippen MR) is 92.0 cm³/mol. The zero-order chi connectivity index (χ0) is 16.6. The Labute approximate surface area is 147 Å². The Bertz CT molecular complexity index is 796. The summed E-state index contributed by atoms with van der Waals surface area (Å²) < 4.78 is 0.853. The van der Waals surface area contributed by atoms with Crippen molar-refractivity contribution in [2.24, 2.45) is 0 Å². The summed E-state index contributed by atoms with van der Waals surface area (Å²) in [5, 5.41) is 3.37. The van der Waals surface area contributed by atoms with E-state index in [0.29, 0.717) is 5.02 Å². The van der Waals surface area contributed by atoms with Crippen LogP contribution in [-0.4, -0.2) is 16.8 Å². The van der Waals surface area contributed by atoms with E-state index >= 15 is 0 Å². The van der Waals surface area contributed by atoms with Crippen molar-refractivity contribution in [1.29, 1.82) is 0 Å². The Morgan fingerprint density at radius 3 is 2.61 bits per heavy atom. The SMILES string of the molecule is C[C@@]1(c2cccc(Br)c2)NC(=O)N(Cc2cccc(Cl)c2)C1=O. The maximum absolute atomic E-state index is 12.8. The Balaban J connectivity index is 1.90. The van der Waals surface area contributed by atoms with E-state index in [2.05, 4.69) is 21.2 Å². The second-order valence-corrected chi connectivity index (χ2v) is 6.94. The van der Waals surface area contributed by atoms with Crippen molar-refractivity contribution in [2.75, 3.05) is 0 Å². The molecule has 1 atom stereocenters. The van der Waals surface area contributed by atoms with Crippen LogP contribution in [0.1, 0.15) is 18.1 Å². The average molecular weight is 394 g/mol. The van der Waals surface area contributed by atoms with Gasteiger partial charge in [-0.25, -0.2) is 4.79 Å². The number of halogens is 2. The fourth-order valence-corrected chi connectivity index (χ4v) is 3.27. The van der Waals surface area contributed by atoms with Crippen molar-refractivity contribution in [3.05, 3.63) is 69.2 Å². The van der Waals surface area contributed by atoms with Crippen LogP contribution in [0.2, 0.25) is 5.02 Å². The largest absolute Gasteiger partial charge is 0.325 e. The van der Waals surface area contributed by atoms with Gasteiger partial charge in [-0.2, -0.15) is 0 Å². The van der Waals surface area contributed by atoms with E-state index < -0.39 is 11.6 Å². The zero-order valence-corrected chi connectivity index (χ0v) is 14.7. The van der Waals surface area contributed by atoms with E-state index in [1.54, 1.807) is 25.1 Å². The minimum atomic E-state index is -1.07. The Hall–Kier alpha value is -1.85. The first kappa shape index (κ1) is 16.0. The highest BCUT2D eigenvalue weighted by Gasteiger charge is 2.48. The molecule has 0 aromatic heterocycles. The van der Waals surface area contributed by atoms with Gasteiger partial charge in [0.1, 0.15) is 5.54 Å². The van der Waals surface area contributed by atoms with Crippen LogP contribution >= 0.6 is 27.5 Å². The Kier molecular flexibility index (Phi) is 4.17. The number of hydrogen-bond donors (Lipinski definition) is 1. The van der Waals surface area contributed by atoms with Gasteiger partial charge in [0.05, 0.1) is 6.54 Å². The lowest BCUT2D eigenvalue weighted by molar-refractivity contribution is -0.131. The second kappa shape index (κ2) is 5.98. The van der Waals surface area contributed by atoms with E-state index in [-0.39, 0.29) is 12.5 Å². The first-order chi connectivity index (χ1) is 10.9. The van der Waals surface area contributed by atoms with Crippen molar-refractivity contribution in [3.63, 3.8) is 0 Å². The third-order valence-electron chi connectivity index (χ3n) is 3.91. The van der Waals surface area contributed by atoms with Crippen molar-refractivity contribution in [3.8, 4) is 0 Å². The summed E-state index contributed by atoms with van der Waals surface area (Å²) in [6, 6.07) is 14.1. The normalized spacial score (nSPS) is 20.7. The molecule has 1 aliphatic rings. The van der Waals surface area contributed by atoms with Crippen LogP contribution in [0.15, 0.2) is 53.0 Å². The first-order valence-electron chi connectivity index (χ1n) is 7.05. The molecule has 2 aromatic carbocycles. The number of carbonyl (C=O) groups is 2. The lowest BCUT2D eigenvalue weighted by Crippen LogP contribution is -2.40. The molecule has 0 aliphatic carbocycles. The van der Waals surface area contributed by atoms with Gasteiger partial charge in [0.15, 0.2) is 0 Å². The molecule has 1 N–H and O–H groups in total. The summed E-state index contributed by atoms with van der Waals surface area (Å²) in [5.41, 5.74) is 0.470. The quantitative estimate of drug-likeness (QED) is 0.799. The highest BCUT2D eigenvalue weighted by atomic mass is 79.9.